The van der Waals surface area contributed by atoms with Gasteiger partial charge in [0.2, 0.25) is 0 Å². The number of nitrogens with one attached hydrogen (secondary N) is 1. The van der Waals surface area contributed by atoms with Crippen LogP contribution in [0.25, 0.3) is 0 Å². The van der Waals surface area contributed by atoms with Gasteiger partial charge in [-0.3, -0.25) is 4.79 Å². The van der Waals surface area contributed by atoms with E-state index in [1.54, 1.807) is 6.92 Å². The zero-order valence-electron chi connectivity index (χ0n) is 14.7. The molecule has 1 amide bonds. The number of fused-ring (bicyclic) bond motifs is 1. The van der Waals surface area contributed by atoms with E-state index in [9.17, 15) is 4.79 Å². The predicted molar refractivity (Wildman–Crippen MR) is 95.4 cm³/mol. The summed E-state index contributed by atoms with van der Waals surface area (Å²) >= 11 is 0. The van der Waals surface area contributed by atoms with Gasteiger partial charge in [-0.25, -0.2) is 0 Å². The second-order valence-electron chi connectivity index (χ2n) is 6.25. The molecule has 0 fully saturated rings. The number of amides is 1. The minimum absolute atomic E-state index is 0.180. The van der Waals surface area contributed by atoms with Gasteiger partial charge in [-0.1, -0.05) is 18.2 Å². The van der Waals surface area contributed by atoms with E-state index in [-0.39, 0.29) is 12.0 Å². The SMILES string of the molecule is Cc1ccc(O[C@H](C)C(=O)NC[C@H]2COc3ccccc3O2)cc1C. The Hall–Kier alpha value is -2.69. The summed E-state index contributed by atoms with van der Waals surface area (Å²) < 4.78 is 17.2. The number of carbonyl (C=O) groups is 1. The Morgan fingerprint density at radius 2 is 1.96 bits per heavy atom. The van der Waals surface area contributed by atoms with Gasteiger partial charge in [0.25, 0.3) is 5.91 Å². The summed E-state index contributed by atoms with van der Waals surface area (Å²) in [5.41, 5.74) is 2.33. The zero-order chi connectivity index (χ0) is 17.8. The average Bonchev–Trinajstić information content (AvgIpc) is 2.62. The molecule has 1 aliphatic heterocycles. The molecule has 0 radical (unpaired) electrons. The normalized spacial score (nSPS) is 16.8. The lowest BCUT2D eigenvalue weighted by atomic mass is 10.1. The summed E-state index contributed by atoms with van der Waals surface area (Å²) in [6.07, 6.45) is -0.799. The highest BCUT2D eigenvalue weighted by Crippen LogP contribution is 2.30. The van der Waals surface area contributed by atoms with Gasteiger partial charge in [0.05, 0.1) is 6.54 Å². The topological polar surface area (TPSA) is 56.8 Å². The molecule has 5 heteroatoms. The number of aryl methyl sites for hydroxylation is 2. The number of rotatable bonds is 5. The molecule has 0 aliphatic carbocycles. The molecule has 0 saturated carbocycles. The highest BCUT2D eigenvalue weighted by atomic mass is 16.6. The van der Waals surface area contributed by atoms with Crippen LogP contribution in [-0.2, 0) is 4.79 Å². The maximum atomic E-state index is 12.3. The molecule has 132 valence electrons. The summed E-state index contributed by atoms with van der Waals surface area (Å²) in [5, 5.41) is 2.86. The first-order valence-corrected chi connectivity index (χ1v) is 8.43. The van der Waals surface area contributed by atoms with Gasteiger partial charge in [0, 0.05) is 0 Å². The summed E-state index contributed by atoms with van der Waals surface area (Å²) in [6.45, 7) is 6.57. The van der Waals surface area contributed by atoms with Gasteiger partial charge in [0.15, 0.2) is 17.6 Å². The van der Waals surface area contributed by atoms with Crippen molar-refractivity contribution in [3.63, 3.8) is 0 Å². The van der Waals surface area contributed by atoms with Crippen LogP contribution in [-0.4, -0.2) is 31.3 Å². The Morgan fingerprint density at radius 1 is 1.20 bits per heavy atom. The van der Waals surface area contributed by atoms with Gasteiger partial charge in [-0.05, 0) is 56.2 Å². The summed E-state index contributed by atoms with van der Waals surface area (Å²) in [6, 6.07) is 13.3. The molecule has 1 heterocycles. The average molecular weight is 341 g/mol. The minimum atomic E-state index is -0.584. The summed E-state index contributed by atoms with van der Waals surface area (Å²) in [7, 11) is 0. The Morgan fingerprint density at radius 3 is 2.72 bits per heavy atom. The molecule has 0 spiro atoms. The minimum Gasteiger partial charge on any atom is -0.486 e. The standard InChI is InChI=1S/C20H23NO4/c1-13-8-9-16(10-14(13)2)24-15(3)20(22)21-11-17-12-23-18-6-4-5-7-19(18)25-17/h4-10,15,17H,11-12H2,1-3H3,(H,21,22)/t15-,17+/m1/s1. The van der Waals surface area contributed by atoms with Crippen LogP contribution in [0.5, 0.6) is 17.2 Å². The molecule has 5 nitrogen and oxygen atoms in total. The van der Waals surface area contributed by atoms with Crippen molar-refractivity contribution in [2.45, 2.75) is 33.0 Å². The maximum Gasteiger partial charge on any atom is 0.260 e. The van der Waals surface area contributed by atoms with Crippen LogP contribution < -0.4 is 19.5 Å². The van der Waals surface area contributed by atoms with Crippen LogP contribution in [0.3, 0.4) is 0 Å². The van der Waals surface area contributed by atoms with Gasteiger partial charge in [0.1, 0.15) is 18.5 Å². The van der Waals surface area contributed by atoms with E-state index < -0.39 is 6.10 Å². The van der Waals surface area contributed by atoms with E-state index >= 15 is 0 Å². The smallest absolute Gasteiger partial charge is 0.260 e. The zero-order valence-corrected chi connectivity index (χ0v) is 14.7. The Balaban J connectivity index is 1.50. The van der Waals surface area contributed by atoms with Crippen molar-refractivity contribution in [2.24, 2.45) is 0 Å². The lowest BCUT2D eigenvalue weighted by Gasteiger charge is -2.27. The first-order chi connectivity index (χ1) is 12.0. The van der Waals surface area contributed by atoms with Crippen LogP contribution in [0, 0.1) is 13.8 Å². The fourth-order valence-corrected chi connectivity index (χ4v) is 2.57. The van der Waals surface area contributed by atoms with Crippen molar-refractivity contribution in [2.75, 3.05) is 13.2 Å². The molecule has 2 aromatic carbocycles. The van der Waals surface area contributed by atoms with E-state index in [1.807, 2.05) is 56.3 Å². The second kappa shape index (κ2) is 7.47. The van der Waals surface area contributed by atoms with Crippen LogP contribution in [0.2, 0.25) is 0 Å². The third kappa shape index (κ3) is 4.24. The van der Waals surface area contributed by atoms with Crippen molar-refractivity contribution in [3.8, 4) is 17.2 Å². The predicted octanol–water partition coefficient (Wildman–Crippen LogP) is 3.03. The number of benzene rings is 2. The number of carbonyl (C=O) groups excluding carboxylic acids is 1. The third-order valence-electron chi connectivity index (χ3n) is 4.23. The van der Waals surface area contributed by atoms with Crippen molar-refractivity contribution in [1.82, 2.24) is 5.32 Å². The molecular weight excluding hydrogens is 318 g/mol. The molecule has 25 heavy (non-hydrogen) atoms. The fraction of sp³-hybridized carbons (Fsp3) is 0.350. The molecule has 0 aromatic heterocycles. The third-order valence-corrected chi connectivity index (χ3v) is 4.23. The number of hydrogen-bond acceptors (Lipinski definition) is 4. The lowest BCUT2D eigenvalue weighted by molar-refractivity contribution is -0.127. The Labute approximate surface area is 147 Å². The van der Waals surface area contributed by atoms with Crippen molar-refractivity contribution >= 4 is 5.91 Å². The van der Waals surface area contributed by atoms with Gasteiger partial charge in [-0.15, -0.1) is 0 Å². The van der Waals surface area contributed by atoms with Gasteiger partial charge >= 0.3 is 0 Å². The molecule has 2 aromatic rings. The molecular formula is C20H23NO4. The molecule has 0 saturated heterocycles. The Kier molecular flexibility index (Phi) is 5.12. The van der Waals surface area contributed by atoms with E-state index in [2.05, 4.69) is 5.32 Å². The largest absolute Gasteiger partial charge is 0.486 e. The van der Waals surface area contributed by atoms with E-state index in [0.717, 1.165) is 11.3 Å². The van der Waals surface area contributed by atoms with Gasteiger partial charge < -0.3 is 19.5 Å². The monoisotopic (exact) mass is 341 g/mol. The van der Waals surface area contributed by atoms with E-state index in [4.69, 9.17) is 14.2 Å². The van der Waals surface area contributed by atoms with Crippen molar-refractivity contribution in [1.29, 1.82) is 0 Å². The molecule has 1 aliphatic rings. The maximum absolute atomic E-state index is 12.3. The molecule has 1 N–H and O–H groups in total. The van der Waals surface area contributed by atoms with Crippen molar-refractivity contribution in [3.05, 3.63) is 53.6 Å². The van der Waals surface area contributed by atoms with Gasteiger partial charge in [-0.2, -0.15) is 0 Å². The van der Waals surface area contributed by atoms with Crippen LogP contribution in [0.1, 0.15) is 18.1 Å². The number of hydrogen-bond donors (Lipinski definition) is 1. The molecule has 0 unspecified atom stereocenters. The number of para-hydroxylation sites is 2. The lowest BCUT2D eigenvalue weighted by Crippen LogP contribution is -2.44. The molecule has 3 rings (SSSR count). The summed E-state index contributed by atoms with van der Waals surface area (Å²) in [4.78, 5) is 12.3. The highest BCUT2D eigenvalue weighted by molar-refractivity contribution is 5.80. The highest BCUT2D eigenvalue weighted by Gasteiger charge is 2.22. The first-order valence-electron chi connectivity index (χ1n) is 8.43. The van der Waals surface area contributed by atoms with Crippen molar-refractivity contribution < 1.29 is 19.0 Å². The summed E-state index contributed by atoms with van der Waals surface area (Å²) in [5.74, 6) is 1.95. The quantitative estimate of drug-likeness (QED) is 0.908. The van der Waals surface area contributed by atoms with Crippen LogP contribution in [0.4, 0.5) is 0 Å². The fourth-order valence-electron chi connectivity index (χ4n) is 2.57. The van der Waals surface area contributed by atoms with Crippen LogP contribution in [0.15, 0.2) is 42.5 Å². The number of ether oxygens (including phenoxy) is 3. The van der Waals surface area contributed by atoms with E-state index in [0.29, 0.717) is 24.7 Å². The van der Waals surface area contributed by atoms with Crippen LogP contribution >= 0.6 is 0 Å². The molecule has 0 bridgehead atoms. The first kappa shape index (κ1) is 17.1. The second-order valence-corrected chi connectivity index (χ2v) is 6.25. The molecule has 2 atom stereocenters. The van der Waals surface area contributed by atoms with E-state index in [1.165, 1.54) is 5.56 Å². The Bertz CT molecular complexity index is 759.